The van der Waals surface area contributed by atoms with E-state index in [0.717, 1.165) is 22.3 Å². The summed E-state index contributed by atoms with van der Waals surface area (Å²) in [5, 5.41) is 0. The smallest absolute Gasteiger partial charge is 0.323 e. The Morgan fingerprint density at radius 2 is 1.73 bits per heavy atom. The molecule has 1 aliphatic carbocycles. The van der Waals surface area contributed by atoms with Crippen LogP contribution in [0.4, 0.5) is 0 Å². The van der Waals surface area contributed by atoms with Gasteiger partial charge in [-0.05, 0) is 29.9 Å². The van der Waals surface area contributed by atoms with Gasteiger partial charge in [0.25, 0.3) is 6.47 Å². The molecule has 8 heteroatoms. The fraction of sp³-hybridized carbons (Fsp3) is 0.531. The van der Waals surface area contributed by atoms with Gasteiger partial charge in [-0.15, -0.1) is 0 Å². The molecule has 0 radical (unpaired) electrons. The number of allylic oxidation sites excluding steroid dienone is 5. The minimum absolute atomic E-state index is 0.103. The third kappa shape index (κ3) is 8.38. The number of hydrogen-bond acceptors (Lipinski definition) is 8. The summed E-state index contributed by atoms with van der Waals surface area (Å²) in [6.45, 7) is 14.7. The molecule has 0 bridgehead atoms. The Labute approximate surface area is 237 Å². The number of carbonyl (C=O) groups is 3. The van der Waals surface area contributed by atoms with Gasteiger partial charge in [0, 0.05) is 23.0 Å². The average Bonchev–Trinajstić information content (AvgIpc) is 3.14. The maximum Gasteiger partial charge on any atom is 0.323 e. The Balaban J connectivity index is 1.63. The number of benzene rings is 1. The quantitative estimate of drug-likeness (QED) is 0.135. The molecule has 2 aliphatic rings. The Bertz CT molecular complexity index is 1170. The second kappa shape index (κ2) is 13.9. The fourth-order valence-corrected chi connectivity index (χ4v) is 4.55. The summed E-state index contributed by atoms with van der Waals surface area (Å²) in [6.07, 6.45) is 8.94. The lowest BCUT2D eigenvalue weighted by molar-refractivity contribution is -0.145. The standard InChI is InChI=1S/C32H42O8/c1-22-18-24(8-7-11-32(22,5)6)28-25-19-23(20-26(31(2,3)4)29(25)40-30(28)35)9-10-27(34)39-17-16-37-13-12-36-14-15-38-21-33/h7-8,11,18-21,28H,9-10,12-17H2,1-6H3. The predicted molar refractivity (Wildman–Crippen MR) is 151 cm³/mol. The molecular formula is C32H42O8. The van der Waals surface area contributed by atoms with Gasteiger partial charge in [-0.1, -0.05) is 76.6 Å². The first kappa shape index (κ1) is 31.3. The highest BCUT2D eigenvalue weighted by Crippen LogP contribution is 2.47. The molecule has 3 rings (SSSR count). The third-order valence-electron chi connectivity index (χ3n) is 7.16. The fourth-order valence-electron chi connectivity index (χ4n) is 4.55. The lowest BCUT2D eigenvalue weighted by Gasteiger charge is -2.23. The van der Waals surface area contributed by atoms with Crippen molar-refractivity contribution in [1.82, 2.24) is 0 Å². The highest BCUT2D eigenvalue weighted by Gasteiger charge is 2.39. The molecule has 1 aromatic carbocycles. The van der Waals surface area contributed by atoms with E-state index in [4.69, 9.17) is 18.9 Å². The van der Waals surface area contributed by atoms with Gasteiger partial charge >= 0.3 is 11.9 Å². The summed E-state index contributed by atoms with van der Waals surface area (Å²) in [6, 6.07) is 4.04. The molecule has 40 heavy (non-hydrogen) atoms. The van der Waals surface area contributed by atoms with Gasteiger partial charge in [0.1, 0.15) is 24.9 Å². The van der Waals surface area contributed by atoms with Gasteiger partial charge in [-0.3, -0.25) is 14.4 Å². The van der Waals surface area contributed by atoms with E-state index in [1.165, 1.54) is 5.57 Å². The van der Waals surface area contributed by atoms with Crippen LogP contribution in [0.15, 0.2) is 47.6 Å². The molecule has 0 saturated heterocycles. The van der Waals surface area contributed by atoms with Crippen molar-refractivity contribution in [2.75, 3.05) is 39.6 Å². The molecule has 0 N–H and O–H groups in total. The molecule has 0 amide bonds. The summed E-state index contributed by atoms with van der Waals surface area (Å²) in [7, 11) is 0. The maximum absolute atomic E-state index is 13.2. The zero-order valence-electron chi connectivity index (χ0n) is 24.5. The van der Waals surface area contributed by atoms with Gasteiger partial charge in [0.15, 0.2) is 0 Å². The van der Waals surface area contributed by atoms with Crippen LogP contribution < -0.4 is 4.74 Å². The van der Waals surface area contributed by atoms with Crippen molar-refractivity contribution >= 4 is 18.4 Å². The Hall–Kier alpha value is -3.23. The molecule has 0 spiro atoms. The molecule has 1 atom stereocenters. The molecule has 8 nitrogen and oxygen atoms in total. The normalized spacial score (nSPS) is 17.9. The van der Waals surface area contributed by atoms with E-state index in [-0.39, 0.29) is 49.0 Å². The molecular weight excluding hydrogens is 512 g/mol. The number of carbonyl (C=O) groups excluding carboxylic acids is 3. The van der Waals surface area contributed by atoms with E-state index >= 15 is 0 Å². The van der Waals surface area contributed by atoms with Gasteiger partial charge < -0.3 is 23.7 Å². The van der Waals surface area contributed by atoms with E-state index in [1.807, 2.05) is 24.3 Å². The number of esters is 2. The highest BCUT2D eigenvalue weighted by molar-refractivity contribution is 5.91. The minimum atomic E-state index is -0.518. The van der Waals surface area contributed by atoms with E-state index in [0.29, 0.717) is 38.5 Å². The van der Waals surface area contributed by atoms with Gasteiger partial charge in [-0.2, -0.15) is 0 Å². The summed E-state index contributed by atoms with van der Waals surface area (Å²) >= 11 is 0. The Morgan fingerprint density at radius 1 is 1.05 bits per heavy atom. The topological polar surface area (TPSA) is 97.4 Å². The highest BCUT2D eigenvalue weighted by atomic mass is 16.6. The largest absolute Gasteiger partial charge is 0.465 e. The van der Waals surface area contributed by atoms with Crippen LogP contribution in [-0.2, 0) is 45.2 Å². The SMILES string of the molecule is CC1=CC(C2C(=O)Oc3c2cc(CCC(=O)OCCOCCOCCOC=O)cc3C(C)(C)C)=CC=CC1(C)C. The Morgan fingerprint density at radius 3 is 2.40 bits per heavy atom. The van der Waals surface area contributed by atoms with Crippen molar-refractivity contribution < 1.29 is 38.1 Å². The summed E-state index contributed by atoms with van der Waals surface area (Å²) < 4.78 is 26.4. The van der Waals surface area contributed by atoms with Crippen LogP contribution in [0.25, 0.3) is 0 Å². The van der Waals surface area contributed by atoms with E-state index in [9.17, 15) is 14.4 Å². The minimum Gasteiger partial charge on any atom is -0.465 e. The zero-order valence-corrected chi connectivity index (χ0v) is 24.5. The summed E-state index contributed by atoms with van der Waals surface area (Å²) in [4.78, 5) is 35.7. The number of hydrogen-bond donors (Lipinski definition) is 0. The number of ether oxygens (including phenoxy) is 5. The molecule has 1 unspecified atom stereocenters. The maximum atomic E-state index is 13.2. The van der Waals surface area contributed by atoms with Crippen LogP contribution in [0.1, 0.15) is 70.6 Å². The number of aryl methyl sites for hydroxylation is 1. The molecule has 218 valence electrons. The van der Waals surface area contributed by atoms with E-state index in [2.05, 4.69) is 58.4 Å². The average molecular weight is 555 g/mol. The van der Waals surface area contributed by atoms with Crippen LogP contribution in [0, 0.1) is 5.41 Å². The molecule has 1 heterocycles. The Kier molecular flexibility index (Phi) is 10.9. The molecule has 0 aromatic heterocycles. The summed E-state index contributed by atoms with van der Waals surface area (Å²) in [5.74, 6) is -0.481. The van der Waals surface area contributed by atoms with Crippen molar-refractivity contribution in [2.24, 2.45) is 5.41 Å². The van der Waals surface area contributed by atoms with Crippen molar-refractivity contribution in [3.8, 4) is 5.75 Å². The molecule has 1 aromatic rings. The third-order valence-corrected chi connectivity index (χ3v) is 7.16. The molecule has 1 aliphatic heterocycles. The van der Waals surface area contributed by atoms with Crippen molar-refractivity contribution in [1.29, 1.82) is 0 Å². The van der Waals surface area contributed by atoms with Crippen LogP contribution in [0.5, 0.6) is 5.75 Å². The van der Waals surface area contributed by atoms with Crippen LogP contribution >= 0.6 is 0 Å². The first-order valence-corrected chi connectivity index (χ1v) is 13.8. The lowest BCUT2D eigenvalue weighted by atomic mass is 9.80. The van der Waals surface area contributed by atoms with E-state index < -0.39 is 5.92 Å². The molecule has 0 fully saturated rings. The van der Waals surface area contributed by atoms with Crippen LogP contribution in [0.3, 0.4) is 0 Å². The predicted octanol–water partition coefficient (Wildman–Crippen LogP) is 5.14. The monoisotopic (exact) mass is 554 g/mol. The lowest BCUT2D eigenvalue weighted by Crippen LogP contribution is -2.15. The van der Waals surface area contributed by atoms with Crippen LogP contribution in [0.2, 0.25) is 0 Å². The zero-order chi connectivity index (χ0) is 29.3. The number of rotatable bonds is 14. The van der Waals surface area contributed by atoms with E-state index in [1.54, 1.807) is 0 Å². The van der Waals surface area contributed by atoms with Gasteiger partial charge in [0.2, 0.25) is 0 Å². The van der Waals surface area contributed by atoms with Crippen molar-refractivity contribution in [2.45, 2.75) is 65.7 Å². The van der Waals surface area contributed by atoms with Crippen LogP contribution in [-0.4, -0.2) is 58.1 Å². The van der Waals surface area contributed by atoms with Crippen molar-refractivity contribution in [3.05, 3.63) is 64.3 Å². The second-order valence-corrected chi connectivity index (χ2v) is 11.7. The summed E-state index contributed by atoms with van der Waals surface area (Å²) in [5.41, 5.74) is 4.46. The first-order chi connectivity index (χ1) is 18.9. The number of fused-ring (bicyclic) bond motifs is 1. The van der Waals surface area contributed by atoms with Gasteiger partial charge in [0.05, 0.1) is 26.4 Å². The second-order valence-electron chi connectivity index (χ2n) is 11.7. The molecule has 0 saturated carbocycles. The first-order valence-electron chi connectivity index (χ1n) is 13.8. The van der Waals surface area contributed by atoms with Gasteiger partial charge in [-0.25, -0.2) is 0 Å². The van der Waals surface area contributed by atoms with Crippen molar-refractivity contribution in [3.63, 3.8) is 0 Å².